The quantitative estimate of drug-likeness (QED) is 0.624. The zero-order chi connectivity index (χ0) is 21.5. The van der Waals surface area contributed by atoms with E-state index in [1.807, 2.05) is 36.4 Å². The number of nitrogens with one attached hydrogen (secondary N) is 1. The van der Waals surface area contributed by atoms with Gasteiger partial charge in [-0.05, 0) is 42.9 Å². The van der Waals surface area contributed by atoms with Gasteiger partial charge in [0.2, 0.25) is 0 Å². The number of fused-ring (bicyclic) bond motifs is 4. The van der Waals surface area contributed by atoms with Crippen molar-refractivity contribution < 1.29 is 13.9 Å². The second-order valence-corrected chi connectivity index (χ2v) is 9.05. The third-order valence-electron chi connectivity index (χ3n) is 7.16. The largest absolute Gasteiger partial charge is 0.423 e. The molecule has 4 saturated heterocycles. The Balaban J connectivity index is 0.00000228. The van der Waals surface area contributed by atoms with Gasteiger partial charge >= 0.3 is 0 Å². The summed E-state index contributed by atoms with van der Waals surface area (Å²) in [5.41, 5.74) is 2.99. The van der Waals surface area contributed by atoms with E-state index >= 15 is 0 Å². The number of hydrogen-bond acceptors (Lipinski definition) is 6. The molecule has 0 saturated carbocycles. The molecule has 7 rings (SSSR count). The lowest BCUT2D eigenvalue weighted by Crippen LogP contribution is -2.56. The van der Waals surface area contributed by atoms with Crippen LogP contribution in [-0.2, 0) is 4.74 Å². The van der Waals surface area contributed by atoms with Crippen LogP contribution in [0, 0.1) is 5.92 Å². The zero-order valence-corrected chi connectivity index (χ0v) is 19.3. The van der Waals surface area contributed by atoms with Gasteiger partial charge in [0.1, 0.15) is 5.52 Å². The van der Waals surface area contributed by atoms with Crippen LogP contribution in [-0.4, -0.2) is 54.8 Å². The predicted octanol–water partition coefficient (Wildman–Crippen LogP) is 4.00. The van der Waals surface area contributed by atoms with Crippen molar-refractivity contribution in [3.05, 3.63) is 59.7 Å². The van der Waals surface area contributed by atoms with Crippen LogP contribution in [0.3, 0.4) is 0 Å². The Bertz CT molecular complexity index is 1110. The minimum atomic E-state index is -0.0745. The van der Waals surface area contributed by atoms with Crippen molar-refractivity contribution in [1.29, 1.82) is 0 Å². The number of carbonyl (C=O) groups is 1. The number of hydrogen-bond donors (Lipinski definition) is 1. The molecule has 0 spiro atoms. The summed E-state index contributed by atoms with van der Waals surface area (Å²) in [6.07, 6.45) is 3.66. The van der Waals surface area contributed by atoms with E-state index < -0.39 is 0 Å². The van der Waals surface area contributed by atoms with Crippen molar-refractivity contribution in [2.75, 3.05) is 37.7 Å². The second kappa shape index (κ2) is 9.33. The molecule has 5 heterocycles. The molecule has 8 heteroatoms. The number of rotatable bonds is 4. The third kappa shape index (κ3) is 4.21. The number of oxazole rings is 1. The van der Waals surface area contributed by atoms with Crippen LogP contribution >= 0.6 is 12.4 Å². The first-order chi connectivity index (χ1) is 15.8. The van der Waals surface area contributed by atoms with E-state index in [9.17, 15) is 4.79 Å². The van der Waals surface area contributed by atoms with E-state index in [-0.39, 0.29) is 30.5 Å². The normalized spacial score (nSPS) is 26.7. The molecule has 174 valence electrons. The van der Waals surface area contributed by atoms with E-state index in [2.05, 4.69) is 27.2 Å². The van der Waals surface area contributed by atoms with Crippen LogP contribution in [0.2, 0.25) is 0 Å². The van der Waals surface area contributed by atoms with E-state index in [0.29, 0.717) is 42.4 Å². The molecular formula is C25H29ClN4O3. The summed E-state index contributed by atoms with van der Waals surface area (Å²) in [4.78, 5) is 22.6. The molecule has 2 bridgehead atoms. The maximum Gasteiger partial charge on any atom is 0.299 e. The Morgan fingerprint density at radius 1 is 1.03 bits per heavy atom. The molecule has 1 amide bonds. The molecule has 2 aromatic carbocycles. The maximum atomic E-state index is 13.2. The fraction of sp³-hybridized carbons (Fsp3) is 0.440. The van der Waals surface area contributed by atoms with Crippen molar-refractivity contribution in [3.63, 3.8) is 0 Å². The molecule has 7 nitrogen and oxygen atoms in total. The van der Waals surface area contributed by atoms with Gasteiger partial charge in [0.25, 0.3) is 11.9 Å². The van der Waals surface area contributed by atoms with Gasteiger partial charge in [-0.1, -0.05) is 36.4 Å². The summed E-state index contributed by atoms with van der Waals surface area (Å²) in [6, 6.07) is 16.4. The third-order valence-corrected chi connectivity index (χ3v) is 7.16. The number of aromatic nitrogens is 1. The summed E-state index contributed by atoms with van der Waals surface area (Å²) in [7, 11) is 0. The highest BCUT2D eigenvalue weighted by Gasteiger charge is 2.35. The summed E-state index contributed by atoms with van der Waals surface area (Å²) < 4.78 is 11.9. The number of benzene rings is 2. The first kappa shape index (κ1) is 22.2. The van der Waals surface area contributed by atoms with Crippen molar-refractivity contribution in [1.82, 2.24) is 15.2 Å². The molecule has 0 radical (unpaired) electrons. The fourth-order valence-corrected chi connectivity index (χ4v) is 5.37. The molecule has 33 heavy (non-hydrogen) atoms. The van der Waals surface area contributed by atoms with Crippen LogP contribution in [0.5, 0.6) is 0 Å². The van der Waals surface area contributed by atoms with Gasteiger partial charge in [-0.3, -0.25) is 9.69 Å². The number of piperidine rings is 3. The number of nitrogens with zero attached hydrogens (tertiary/aromatic N) is 3. The monoisotopic (exact) mass is 468 g/mol. The van der Waals surface area contributed by atoms with Gasteiger partial charge in [0, 0.05) is 19.6 Å². The van der Waals surface area contributed by atoms with Crippen LogP contribution in [0.4, 0.5) is 6.01 Å². The summed E-state index contributed by atoms with van der Waals surface area (Å²) in [6.45, 7) is 4.03. The molecule has 1 aromatic heterocycles. The Labute approximate surface area is 199 Å². The van der Waals surface area contributed by atoms with Crippen LogP contribution in [0.25, 0.3) is 11.1 Å². The molecule has 1 N–H and O–H groups in total. The number of amides is 1. The second-order valence-electron chi connectivity index (χ2n) is 9.05. The molecule has 2 atom stereocenters. The Morgan fingerprint density at radius 2 is 1.85 bits per heavy atom. The molecule has 4 aliphatic heterocycles. The van der Waals surface area contributed by atoms with Crippen LogP contribution in [0.15, 0.2) is 52.9 Å². The van der Waals surface area contributed by atoms with Crippen molar-refractivity contribution >= 4 is 35.4 Å². The Hall–Kier alpha value is -2.61. The summed E-state index contributed by atoms with van der Waals surface area (Å²) in [5, 5.41) is 3.25. The summed E-state index contributed by atoms with van der Waals surface area (Å²) >= 11 is 0. The van der Waals surface area contributed by atoms with Gasteiger partial charge in [-0.25, -0.2) is 0 Å². The van der Waals surface area contributed by atoms with Crippen molar-refractivity contribution in [2.45, 2.75) is 31.5 Å². The highest BCUT2D eigenvalue weighted by Crippen LogP contribution is 2.33. The van der Waals surface area contributed by atoms with Crippen molar-refractivity contribution in [2.24, 2.45) is 5.92 Å². The minimum absolute atomic E-state index is 0. The Kier molecular flexibility index (Phi) is 6.27. The molecule has 3 aromatic rings. The number of anilines is 1. The number of carbonyl (C=O) groups excluding carboxylic acids is 1. The zero-order valence-electron chi connectivity index (χ0n) is 18.5. The fourth-order valence-electron chi connectivity index (χ4n) is 5.37. The lowest BCUT2D eigenvalue weighted by Gasteiger charge is -2.45. The smallest absolute Gasteiger partial charge is 0.299 e. The standard InChI is InChI=1S/C25H28N4O3.ClH/c30-24(26-22-15-17-9-11-28(22)12-10-17)19-7-4-8-21-23(19)27-25(32-21)29-13-14-31-16-20(29)18-5-2-1-3-6-18;/h1-8,17,20,22H,9-16H2,(H,26,30);1H/t20?,22-;/m0./s1. The molecular weight excluding hydrogens is 440 g/mol. The topological polar surface area (TPSA) is 70.8 Å². The van der Waals surface area contributed by atoms with E-state index in [0.717, 1.165) is 31.0 Å². The number of para-hydroxylation sites is 1. The van der Waals surface area contributed by atoms with Crippen LogP contribution < -0.4 is 10.2 Å². The van der Waals surface area contributed by atoms with E-state index in [1.165, 1.54) is 12.8 Å². The highest BCUT2D eigenvalue weighted by atomic mass is 35.5. The first-order valence-corrected chi connectivity index (χ1v) is 11.6. The number of ether oxygens (including phenoxy) is 1. The van der Waals surface area contributed by atoms with Crippen LogP contribution in [0.1, 0.15) is 41.2 Å². The van der Waals surface area contributed by atoms with Gasteiger partial charge in [-0.2, -0.15) is 4.98 Å². The minimum Gasteiger partial charge on any atom is -0.423 e. The molecule has 0 aliphatic carbocycles. The first-order valence-electron chi connectivity index (χ1n) is 11.6. The average molecular weight is 469 g/mol. The van der Waals surface area contributed by atoms with Gasteiger partial charge in [0.05, 0.1) is 31.0 Å². The Morgan fingerprint density at radius 3 is 2.61 bits per heavy atom. The number of halogens is 1. The maximum absolute atomic E-state index is 13.2. The average Bonchev–Trinajstić information content (AvgIpc) is 3.30. The number of morpholine rings is 1. The van der Waals surface area contributed by atoms with Gasteiger partial charge < -0.3 is 19.4 Å². The lowest BCUT2D eigenvalue weighted by molar-refractivity contribution is 0.0295. The SMILES string of the molecule is Cl.O=C(N[C@@H]1CC2CCN1CC2)c1cccc2oc(N3CCOCC3c3ccccc3)nc12. The molecule has 1 unspecified atom stereocenters. The van der Waals surface area contributed by atoms with E-state index in [4.69, 9.17) is 14.1 Å². The van der Waals surface area contributed by atoms with Crippen molar-refractivity contribution in [3.8, 4) is 0 Å². The molecule has 4 aliphatic rings. The lowest BCUT2D eigenvalue weighted by atomic mass is 9.86. The van der Waals surface area contributed by atoms with E-state index in [1.54, 1.807) is 0 Å². The van der Waals surface area contributed by atoms with Gasteiger partial charge in [-0.15, -0.1) is 12.4 Å². The molecule has 4 fully saturated rings. The predicted molar refractivity (Wildman–Crippen MR) is 129 cm³/mol. The highest BCUT2D eigenvalue weighted by molar-refractivity contribution is 6.04. The summed E-state index contributed by atoms with van der Waals surface area (Å²) in [5.74, 6) is 0.658. The van der Waals surface area contributed by atoms with Gasteiger partial charge in [0.15, 0.2) is 5.58 Å².